The van der Waals surface area contributed by atoms with E-state index >= 15 is 0 Å². The van der Waals surface area contributed by atoms with Gasteiger partial charge < -0.3 is 4.90 Å². The molecule has 1 atom stereocenters. The fourth-order valence-electron chi connectivity index (χ4n) is 2.75. The first kappa shape index (κ1) is 15.5. The summed E-state index contributed by atoms with van der Waals surface area (Å²) in [5.41, 5.74) is 0.967. The molecule has 0 saturated carbocycles. The van der Waals surface area contributed by atoms with Gasteiger partial charge in [-0.2, -0.15) is 0 Å². The van der Waals surface area contributed by atoms with Gasteiger partial charge in [0.2, 0.25) is 5.91 Å². The third-order valence-corrected chi connectivity index (χ3v) is 4.76. The molecule has 2 rings (SSSR count). The van der Waals surface area contributed by atoms with Gasteiger partial charge in [-0.05, 0) is 58.3 Å². The number of carbonyl (C=O) groups is 1. The fourth-order valence-corrected chi connectivity index (χ4v) is 3.18. The molecule has 0 N–H and O–H groups in total. The third-order valence-electron chi connectivity index (χ3n) is 4.15. The summed E-state index contributed by atoms with van der Waals surface area (Å²) in [6.45, 7) is 5.82. The van der Waals surface area contributed by atoms with Crippen LogP contribution in [-0.4, -0.2) is 17.4 Å². The van der Waals surface area contributed by atoms with Crippen molar-refractivity contribution in [2.24, 2.45) is 11.8 Å². The van der Waals surface area contributed by atoms with Crippen LogP contribution < -0.4 is 0 Å². The molecule has 0 aromatic heterocycles. The molecule has 0 radical (unpaired) electrons. The SMILES string of the molecule is CC(C)C1CCC(=O)N(Cc2ccc(F)c(Br)c2)CC1. The molecule has 2 nitrogen and oxygen atoms in total. The van der Waals surface area contributed by atoms with Gasteiger partial charge >= 0.3 is 0 Å². The standard InChI is InChI=1S/C16H21BrFNO/c1-11(2)13-4-6-16(20)19(8-7-13)10-12-3-5-15(18)14(17)9-12/h3,5,9,11,13H,4,6-8,10H2,1-2H3. The average molecular weight is 342 g/mol. The van der Waals surface area contributed by atoms with Crippen molar-refractivity contribution < 1.29 is 9.18 Å². The number of hydrogen-bond acceptors (Lipinski definition) is 1. The highest BCUT2D eigenvalue weighted by atomic mass is 79.9. The van der Waals surface area contributed by atoms with Crippen molar-refractivity contribution in [2.45, 2.75) is 39.7 Å². The van der Waals surface area contributed by atoms with Crippen LogP contribution in [0, 0.1) is 17.7 Å². The molecule has 110 valence electrons. The fraction of sp³-hybridized carbons (Fsp3) is 0.562. The predicted molar refractivity (Wildman–Crippen MR) is 81.7 cm³/mol. The van der Waals surface area contributed by atoms with Crippen LogP contribution in [0.25, 0.3) is 0 Å². The van der Waals surface area contributed by atoms with Gasteiger partial charge in [0.15, 0.2) is 0 Å². The average Bonchev–Trinajstić information content (AvgIpc) is 2.57. The van der Waals surface area contributed by atoms with Crippen LogP contribution >= 0.6 is 15.9 Å². The molecule has 1 aromatic rings. The van der Waals surface area contributed by atoms with Gasteiger partial charge in [0, 0.05) is 19.5 Å². The zero-order valence-corrected chi connectivity index (χ0v) is 13.6. The summed E-state index contributed by atoms with van der Waals surface area (Å²) in [7, 11) is 0. The second-order valence-corrected chi connectivity index (χ2v) is 6.75. The largest absolute Gasteiger partial charge is 0.338 e. The summed E-state index contributed by atoms with van der Waals surface area (Å²) in [6.07, 6.45) is 2.68. The highest BCUT2D eigenvalue weighted by molar-refractivity contribution is 9.10. The van der Waals surface area contributed by atoms with E-state index in [9.17, 15) is 9.18 Å². The maximum absolute atomic E-state index is 13.2. The van der Waals surface area contributed by atoms with Crippen molar-refractivity contribution in [3.8, 4) is 0 Å². The van der Waals surface area contributed by atoms with E-state index in [4.69, 9.17) is 0 Å². The van der Waals surface area contributed by atoms with Crippen LogP contribution in [-0.2, 0) is 11.3 Å². The van der Waals surface area contributed by atoms with Crippen LogP contribution in [0.5, 0.6) is 0 Å². The lowest BCUT2D eigenvalue weighted by Crippen LogP contribution is -2.29. The Balaban J connectivity index is 2.04. The highest BCUT2D eigenvalue weighted by Crippen LogP contribution is 2.26. The molecule has 20 heavy (non-hydrogen) atoms. The maximum atomic E-state index is 13.2. The number of amides is 1. The van der Waals surface area contributed by atoms with E-state index in [2.05, 4.69) is 29.8 Å². The van der Waals surface area contributed by atoms with Crippen LogP contribution in [0.1, 0.15) is 38.7 Å². The van der Waals surface area contributed by atoms with E-state index in [1.165, 1.54) is 6.07 Å². The Hall–Kier alpha value is -0.900. The quantitative estimate of drug-likeness (QED) is 0.799. The van der Waals surface area contributed by atoms with Crippen molar-refractivity contribution in [3.05, 3.63) is 34.1 Å². The van der Waals surface area contributed by atoms with Gasteiger partial charge in [0.05, 0.1) is 4.47 Å². The van der Waals surface area contributed by atoms with Gasteiger partial charge in [-0.1, -0.05) is 19.9 Å². The minimum Gasteiger partial charge on any atom is -0.338 e. The summed E-state index contributed by atoms with van der Waals surface area (Å²) >= 11 is 3.19. The molecule has 0 spiro atoms. The Morgan fingerprint density at radius 3 is 2.80 bits per heavy atom. The second-order valence-electron chi connectivity index (χ2n) is 5.90. The Bertz CT molecular complexity index is 489. The Morgan fingerprint density at radius 1 is 1.40 bits per heavy atom. The molecular formula is C16H21BrFNO. The summed E-state index contributed by atoms with van der Waals surface area (Å²) in [5.74, 6) is 1.20. The van der Waals surface area contributed by atoms with Crippen LogP contribution in [0.4, 0.5) is 4.39 Å². The number of likely N-dealkylation sites (tertiary alicyclic amines) is 1. The number of carbonyl (C=O) groups excluding carboxylic acids is 1. The van der Waals surface area contributed by atoms with E-state index in [-0.39, 0.29) is 11.7 Å². The predicted octanol–water partition coefficient (Wildman–Crippen LogP) is 4.37. The minimum absolute atomic E-state index is 0.216. The Kier molecular flexibility index (Phi) is 5.19. The molecule has 0 bridgehead atoms. The zero-order valence-electron chi connectivity index (χ0n) is 12.0. The van der Waals surface area contributed by atoms with Gasteiger partial charge in [-0.3, -0.25) is 4.79 Å². The Labute approximate surface area is 128 Å². The zero-order chi connectivity index (χ0) is 14.7. The molecule has 1 fully saturated rings. The highest BCUT2D eigenvalue weighted by Gasteiger charge is 2.24. The van der Waals surface area contributed by atoms with Crippen LogP contribution in [0.15, 0.2) is 22.7 Å². The van der Waals surface area contributed by atoms with Crippen molar-refractivity contribution in [1.29, 1.82) is 0 Å². The molecule has 1 aliphatic heterocycles. The van der Waals surface area contributed by atoms with Crippen molar-refractivity contribution in [3.63, 3.8) is 0 Å². The van der Waals surface area contributed by atoms with Crippen molar-refractivity contribution in [1.82, 2.24) is 4.90 Å². The lowest BCUT2D eigenvalue weighted by molar-refractivity contribution is -0.131. The summed E-state index contributed by atoms with van der Waals surface area (Å²) in [5, 5.41) is 0. The molecule has 1 saturated heterocycles. The van der Waals surface area contributed by atoms with Crippen molar-refractivity contribution >= 4 is 21.8 Å². The summed E-state index contributed by atoms with van der Waals surface area (Å²) < 4.78 is 13.7. The lowest BCUT2D eigenvalue weighted by atomic mass is 9.89. The Morgan fingerprint density at radius 2 is 2.15 bits per heavy atom. The minimum atomic E-state index is -0.268. The number of rotatable bonds is 3. The summed E-state index contributed by atoms with van der Waals surface area (Å²) in [4.78, 5) is 14.1. The monoisotopic (exact) mass is 341 g/mol. The van der Waals surface area contributed by atoms with E-state index in [0.717, 1.165) is 24.9 Å². The molecule has 4 heteroatoms. The van der Waals surface area contributed by atoms with Gasteiger partial charge in [0.25, 0.3) is 0 Å². The summed E-state index contributed by atoms with van der Waals surface area (Å²) in [6, 6.07) is 4.95. The van der Waals surface area contributed by atoms with Gasteiger partial charge in [-0.15, -0.1) is 0 Å². The normalized spacial score (nSPS) is 20.4. The van der Waals surface area contributed by atoms with Gasteiger partial charge in [-0.25, -0.2) is 4.39 Å². The number of benzene rings is 1. The molecule has 0 aliphatic carbocycles. The van der Waals surface area contributed by atoms with E-state index in [1.54, 1.807) is 12.1 Å². The first-order valence-electron chi connectivity index (χ1n) is 7.19. The number of halogens is 2. The van der Waals surface area contributed by atoms with E-state index in [0.29, 0.717) is 29.3 Å². The molecule has 1 aliphatic rings. The molecule has 1 aromatic carbocycles. The topological polar surface area (TPSA) is 20.3 Å². The first-order chi connectivity index (χ1) is 9.47. The number of hydrogen-bond donors (Lipinski definition) is 0. The van der Waals surface area contributed by atoms with E-state index < -0.39 is 0 Å². The van der Waals surface area contributed by atoms with Crippen LogP contribution in [0.3, 0.4) is 0 Å². The third kappa shape index (κ3) is 3.81. The van der Waals surface area contributed by atoms with E-state index in [1.807, 2.05) is 4.90 Å². The van der Waals surface area contributed by atoms with Gasteiger partial charge in [0.1, 0.15) is 5.82 Å². The molecule has 1 unspecified atom stereocenters. The molecule has 1 amide bonds. The lowest BCUT2D eigenvalue weighted by Gasteiger charge is -2.22. The molecule has 1 heterocycles. The van der Waals surface area contributed by atoms with Crippen molar-refractivity contribution in [2.75, 3.05) is 6.54 Å². The first-order valence-corrected chi connectivity index (χ1v) is 7.98. The smallest absolute Gasteiger partial charge is 0.222 e. The second kappa shape index (κ2) is 6.70. The maximum Gasteiger partial charge on any atom is 0.222 e. The van der Waals surface area contributed by atoms with Crippen LogP contribution in [0.2, 0.25) is 0 Å². The number of nitrogens with zero attached hydrogens (tertiary/aromatic N) is 1. The molecular weight excluding hydrogens is 321 g/mol.